The van der Waals surface area contributed by atoms with Gasteiger partial charge >= 0.3 is 0 Å². The molecule has 1 aliphatic carbocycles. The third-order valence-corrected chi connectivity index (χ3v) is 7.55. The second-order valence-corrected chi connectivity index (χ2v) is 9.40. The van der Waals surface area contributed by atoms with Crippen LogP contribution in [0.4, 0.5) is 0 Å². The van der Waals surface area contributed by atoms with Gasteiger partial charge in [-0.25, -0.2) is 0 Å². The van der Waals surface area contributed by atoms with Gasteiger partial charge < -0.3 is 4.81 Å². The minimum absolute atomic E-state index is 0.727. The number of hydrogen-bond acceptors (Lipinski definition) is 1. The molecular weight excluding hydrogens is 289 g/mol. The Bertz CT molecular complexity index is 350. The fourth-order valence-electron chi connectivity index (χ4n) is 5.92. The fraction of sp³-hybridized carbons (Fsp3) is 1.00. The van der Waals surface area contributed by atoms with Crippen molar-refractivity contribution in [1.82, 2.24) is 4.81 Å². The lowest BCUT2D eigenvalue weighted by Crippen LogP contribution is -2.55. The molecule has 2 heteroatoms. The minimum Gasteiger partial charge on any atom is -0.344 e. The lowest BCUT2D eigenvalue weighted by molar-refractivity contribution is -0.0617. The van der Waals surface area contributed by atoms with Crippen molar-refractivity contribution in [3.05, 3.63) is 0 Å². The van der Waals surface area contributed by atoms with Gasteiger partial charge in [-0.1, -0.05) is 79.1 Å². The molecule has 2 rings (SSSR count). The second kappa shape index (κ2) is 9.65. The normalized spacial score (nSPS) is 35.1. The van der Waals surface area contributed by atoms with Crippen LogP contribution in [-0.2, 0) is 0 Å². The van der Waals surface area contributed by atoms with E-state index in [1.807, 2.05) is 0 Å². The summed E-state index contributed by atoms with van der Waals surface area (Å²) in [6.45, 7) is 9.55. The molecule has 0 aromatic rings. The van der Waals surface area contributed by atoms with Gasteiger partial charge in [0.25, 0.3) is 0 Å². The molecule has 3 unspecified atom stereocenters. The maximum atomic E-state index is 2.66. The number of nitrogens with zero attached hydrogens (tertiary/aromatic N) is 1. The van der Waals surface area contributed by atoms with Crippen molar-refractivity contribution in [3.8, 4) is 0 Å². The predicted molar refractivity (Wildman–Crippen MR) is 110 cm³/mol. The van der Waals surface area contributed by atoms with Gasteiger partial charge in [0.1, 0.15) is 0 Å². The summed E-state index contributed by atoms with van der Waals surface area (Å²) in [4.78, 5) is 2.66. The Balaban J connectivity index is 1.85. The Morgan fingerprint density at radius 1 is 0.917 bits per heavy atom. The molecular formula is C22H44BN. The fourth-order valence-corrected chi connectivity index (χ4v) is 5.92. The van der Waals surface area contributed by atoms with Crippen LogP contribution >= 0.6 is 0 Å². The molecule has 1 saturated carbocycles. The summed E-state index contributed by atoms with van der Waals surface area (Å²) >= 11 is 0. The maximum absolute atomic E-state index is 2.66. The minimum atomic E-state index is 0.727. The van der Waals surface area contributed by atoms with Gasteiger partial charge in [0, 0.05) is 0 Å². The predicted octanol–water partition coefficient (Wildman–Crippen LogP) is 5.97. The van der Waals surface area contributed by atoms with E-state index in [1.165, 1.54) is 70.6 Å². The van der Waals surface area contributed by atoms with Crippen LogP contribution in [-0.4, -0.2) is 24.9 Å². The summed E-state index contributed by atoms with van der Waals surface area (Å²) in [7, 11) is 2.36. The van der Waals surface area contributed by atoms with Crippen LogP contribution in [0.25, 0.3) is 0 Å². The van der Waals surface area contributed by atoms with Crippen molar-refractivity contribution in [1.29, 1.82) is 0 Å². The van der Waals surface area contributed by atoms with Gasteiger partial charge in [0.2, 0.25) is 0 Å². The molecule has 0 aromatic carbocycles. The van der Waals surface area contributed by atoms with E-state index >= 15 is 0 Å². The van der Waals surface area contributed by atoms with E-state index in [-0.39, 0.29) is 0 Å². The molecule has 140 valence electrons. The zero-order valence-electron chi connectivity index (χ0n) is 17.4. The Hall–Kier alpha value is 0.0249. The molecule has 1 spiro atoms. The first kappa shape index (κ1) is 20.3. The van der Waals surface area contributed by atoms with E-state index in [9.17, 15) is 0 Å². The first-order valence-corrected chi connectivity index (χ1v) is 11.3. The van der Waals surface area contributed by atoms with Gasteiger partial charge in [-0.15, -0.1) is 0 Å². The summed E-state index contributed by atoms with van der Waals surface area (Å²) in [5.74, 6) is 2.11. The number of hydrogen-bond donors (Lipinski definition) is 0. The van der Waals surface area contributed by atoms with Gasteiger partial charge in [0.05, 0.1) is 0 Å². The first-order chi connectivity index (χ1) is 11.5. The van der Waals surface area contributed by atoms with Gasteiger partial charge in [0.15, 0.2) is 7.98 Å². The second-order valence-electron chi connectivity index (χ2n) is 9.40. The third kappa shape index (κ3) is 5.02. The SMILES string of the molecule is BN1C(C)CC2(CC(C(CCCC)CCCCCC)C2)CC1CC. The average Bonchev–Trinajstić information content (AvgIpc) is 2.55. The van der Waals surface area contributed by atoms with E-state index in [2.05, 4.69) is 40.5 Å². The molecule has 24 heavy (non-hydrogen) atoms. The van der Waals surface area contributed by atoms with Crippen LogP contribution < -0.4 is 0 Å². The Morgan fingerprint density at radius 3 is 2.21 bits per heavy atom. The molecule has 1 saturated heterocycles. The van der Waals surface area contributed by atoms with Gasteiger partial charge in [-0.3, -0.25) is 0 Å². The highest BCUT2D eigenvalue weighted by molar-refractivity contribution is 6.04. The van der Waals surface area contributed by atoms with Crippen molar-refractivity contribution < 1.29 is 0 Å². The smallest absolute Gasteiger partial charge is 0.186 e. The molecule has 2 aliphatic rings. The van der Waals surface area contributed by atoms with Crippen LogP contribution in [0.15, 0.2) is 0 Å². The third-order valence-electron chi connectivity index (χ3n) is 7.55. The summed E-state index contributed by atoms with van der Waals surface area (Å²) in [5, 5.41) is 0. The van der Waals surface area contributed by atoms with Crippen molar-refractivity contribution in [2.75, 3.05) is 0 Å². The Labute approximate surface area is 153 Å². The molecule has 0 bridgehead atoms. The average molecular weight is 333 g/mol. The van der Waals surface area contributed by atoms with E-state index in [0.29, 0.717) is 0 Å². The lowest BCUT2D eigenvalue weighted by Gasteiger charge is -2.58. The quantitative estimate of drug-likeness (QED) is 0.351. The van der Waals surface area contributed by atoms with Crippen molar-refractivity contribution in [2.45, 2.75) is 123 Å². The highest BCUT2D eigenvalue weighted by Gasteiger charge is 2.50. The monoisotopic (exact) mass is 333 g/mol. The highest BCUT2D eigenvalue weighted by Crippen LogP contribution is 2.58. The summed E-state index contributed by atoms with van der Waals surface area (Å²) in [6.07, 6.45) is 19.0. The molecule has 1 aliphatic heterocycles. The number of piperidine rings is 1. The molecule has 1 nitrogen and oxygen atoms in total. The largest absolute Gasteiger partial charge is 0.344 e. The topological polar surface area (TPSA) is 3.24 Å². The zero-order chi connectivity index (χ0) is 17.6. The van der Waals surface area contributed by atoms with Gasteiger partial charge in [-0.05, 0) is 61.4 Å². The molecule has 0 amide bonds. The molecule has 3 atom stereocenters. The zero-order valence-corrected chi connectivity index (χ0v) is 17.4. The van der Waals surface area contributed by atoms with Crippen LogP contribution in [0.1, 0.15) is 111 Å². The molecule has 0 radical (unpaired) electrons. The molecule has 0 N–H and O–H groups in total. The number of unbranched alkanes of at least 4 members (excludes halogenated alkanes) is 4. The van der Waals surface area contributed by atoms with E-state index in [1.54, 1.807) is 12.8 Å². The van der Waals surface area contributed by atoms with E-state index < -0.39 is 0 Å². The lowest BCUT2D eigenvalue weighted by atomic mass is 9.51. The van der Waals surface area contributed by atoms with Crippen LogP contribution in [0.5, 0.6) is 0 Å². The van der Waals surface area contributed by atoms with Crippen molar-refractivity contribution in [3.63, 3.8) is 0 Å². The standard InChI is InChI=1S/C22H44BN/c1-5-8-10-11-13-19(12-9-6-2)20-15-22(16-20)14-18(4)24(23)21(7-3)17-22/h18-21H,5-17,23H2,1-4H3. The van der Waals surface area contributed by atoms with Crippen LogP contribution in [0, 0.1) is 17.3 Å². The first-order valence-electron chi connectivity index (χ1n) is 11.3. The maximum Gasteiger partial charge on any atom is 0.186 e. The summed E-state index contributed by atoms with van der Waals surface area (Å²) in [6, 6.07) is 1.64. The van der Waals surface area contributed by atoms with Crippen LogP contribution in [0.3, 0.4) is 0 Å². The van der Waals surface area contributed by atoms with Crippen molar-refractivity contribution >= 4 is 7.98 Å². The van der Waals surface area contributed by atoms with Gasteiger partial charge in [-0.2, -0.15) is 0 Å². The summed E-state index contributed by atoms with van der Waals surface area (Å²) in [5.41, 5.74) is 0.727. The molecule has 1 heterocycles. The molecule has 2 fully saturated rings. The van der Waals surface area contributed by atoms with Crippen molar-refractivity contribution in [2.24, 2.45) is 17.3 Å². The van der Waals surface area contributed by atoms with E-state index in [0.717, 1.165) is 29.3 Å². The highest BCUT2D eigenvalue weighted by atomic mass is 15.1. The Kier molecular flexibility index (Phi) is 8.18. The number of rotatable bonds is 10. The van der Waals surface area contributed by atoms with E-state index in [4.69, 9.17) is 0 Å². The Morgan fingerprint density at radius 2 is 1.58 bits per heavy atom. The molecule has 0 aromatic heterocycles. The van der Waals surface area contributed by atoms with Crippen LogP contribution in [0.2, 0.25) is 0 Å². The summed E-state index contributed by atoms with van der Waals surface area (Å²) < 4.78 is 0.